The number of benzene rings is 2. The summed E-state index contributed by atoms with van der Waals surface area (Å²) in [6.45, 7) is 1.91. The highest BCUT2D eigenvalue weighted by Crippen LogP contribution is 2.42. The molecule has 0 spiro atoms. The molecular weight excluding hydrogens is 357 g/mol. The number of carbonyl (C=O) groups excluding carboxylic acids is 2. The number of halogens is 2. The van der Waals surface area contributed by atoms with Gasteiger partial charge in [0.15, 0.2) is 0 Å². The van der Waals surface area contributed by atoms with Crippen molar-refractivity contribution >= 4 is 29.2 Å². The number of ether oxygens (including phenoxy) is 1. The molecule has 0 aromatic heterocycles. The minimum absolute atomic E-state index is 0.0309. The fourth-order valence-corrected chi connectivity index (χ4v) is 3.63. The maximum atomic E-state index is 13.2. The summed E-state index contributed by atoms with van der Waals surface area (Å²) in [7, 11) is 0. The lowest BCUT2D eigenvalue weighted by Gasteiger charge is -2.32. The van der Waals surface area contributed by atoms with Crippen LogP contribution in [0.3, 0.4) is 0 Å². The van der Waals surface area contributed by atoms with Crippen molar-refractivity contribution in [3.63, 3.8) is 0 Å². The van der Waals surface area contributed by atoms with Gasteiger partial charge in [-0.25, -0.2) is 9.18 Å². The number of hydrogen-bond acceptors (Lipinski definition) is 3. The monoisotopic (exact) mass is 371 g/mol. The quantitative estimate of drug-likeness (QED) is 0.746. The first-order valence-corrected chi connectivity index (χ1v) is 8.58. The fraction of sp³-hybridized carbons (Fsp3) is 0.200. The maximum Gasteiger partial charge on any atom is 0.336 e. The van der Waals surface area contributed by atoms with Crippen LogP contribution < -0.4 is 4.90 Å². The molecule has 0 bridgehead atoms. The molecule has 0 N–H and O–H groups in total. The Labute approximate surface area is 154 Å². The van der Waals surface area contributed by atoms with Crippen LogP contribution in [0, 0.1) is 12.7 Å². The molecule has 6 heteroatoms. The molecule has 1 atom stereocenters. The van der Waals surface area contributed by atoms with Gasteiger partial charge in [-0.3, -0.25) is 9.69 Å². The fourth-order valence-electron chi connectivity index (χ4n) is 3.45. The Morgan fingerprint density at radius 1 is 1.15 bits per heavy atom. The van der Waals surface area contributed by atoms with Crippen LogP contribution >= 0.6 is 11.6 Å². The highest BCUT2D eigenvalue weighted by Gasteiger charge is 2.43. The lowest BCUT2D eigenvalue weighted by Crippen LogP contribution is -2.37. The third-order valence-corrected chi connectivity index (χ3v) is 5.21. The number of aryl methyl sites for hydroxylation is 1. The van der Waals surface area contributed by atoms with Gasteiger partial charge in [-0.2, -0.15) is 0 Å². The molecule has 132 valence electrons. The van der Waals surface area contributed by atoms with Gasteiger partial charge >= 0.3 is 5.97 Å². The van der Waals surface area contributed by atoms with Crippen LogP contribution in [0.1, 0.15) is 23.5 Å². The number of hydrogen-bond donors (Lipinski definition) is 0. The van der Waals surface area contributed by atoms with Gasteiger partial charge in [0.2, 0.25) is 5.91 Å². The molecule has 4 nitrogen and oxygen atoms in total. The van der Waals surface area contributed by atoms with Gasteiger partial charge < -0.3 is 4.74 Å². The normalized spacial score (nSPS) is 19.7. The van der Waals surface area contributed by atoms with Crippen molar-refractivity contribution in [3.05, 3.63) is 75.7 Å². The van der Waals surface area contributed by atoms with Crippen LogP contribution in [0.2, 0.25) is 5.02 Å². The summed E-state index contributed by atoms with van der Waals surface area (Å²) in [5.74, 6) is -1.40. The van der Waals surface area contributed by atoms with Crippen molar-refractivity contribution in [2.75, 3.05) is 11.5 Å². The lowest BCUT2D eigenvalue weighted by atomic mass is 9.84. The third kappa shape index (κ3) is 2.69. The predicted molar refractivity (Wildman–Crippen MR) is 95.4 cm³/mol. The van der Waals surface area contributed by atoms with Crippen molar-refractivity contribution in [1.82, 2.24) is 0 Å². The molecule has 4 rings (SSSR count). The van der Waals surface area contributed by atoms with Gasteiger partial charge in [-0.15, -0.1) is 0 Å². The van der Waals surface area contributed by atoms with E-state index in [1.807, 2.05) is 13.0 Å². The van der Waals surface area contributed by atoms with Gasteiger partial charge in [-0.05, 0) is 42.3 Å². The molecule has 26 heavy (non-hydrogen) atoms. The summed E-state index contributed by atoms with van der Waals surface area (Å²) in [4.78, 5) is 26.7. The Bertz CT molecular complexity index is 952. The number of amides is 1. The first kappa shape index (κ1) is 16.8. The largest absolute Gasteiger partial charge is 0.456 e. The van der Waals surface area contributed by atoms with Crippen molar-refractivity contribution in [2.24, 2.45) is 0 Å². The average molecular weight is 372 g/mol. The zero-order chi connectivity index (χ0) is 18.4. The number of rotatable bonds is 2. The predicted octanol–water partition coefficient (Wildman–Crippen LogP) is 4.12. The second kappa shape index (κ2) is 6.25. The molecule has 0 aliphatic carbocycles. The summed E-state index contributed by atoms with van der Waals surface area (Å²) >= 11 is 6.20. The third-order valence-electron chi connectivity index (χ3n) is 4.80. The molecule has 0 fully saturated rings. The van der Waals surface area contributed by atoms with Crippen LogP contribution in [0.4, 0.5) is 10.1 Å². The van der Waals surface area contributed by atoms with Gasteiger partial charge in [0.1, 0.15) is 12.4 Å². The average Bonchev–Trinajstić information content (AvgIpc) is 2.99. The molecule has 0 unspecified atom stereocenters. The van der Waals surface area contributed by atoms with Crippen LogP contribution in [-0.4, -0.2) is 18.5 Å². The van der Waals surface area contributed by atoms with Crippen molar-refractivity contribution in [3.8, 4) is 0 Å². The molecular formula is C20H15ClFNO3. The lowest BCUT2D eigenvalue weighted by molar-refractivity contribution is -0.136. The molecule has 2 aromatic carbocycles. The molecule has 2 aliphatic rings. The number of cyclic esters (lactones) is 1. The summed E-state index contributed by atoms with van der Waals surface area (Å²) in [6, 6.07) is 11.2. The molecule has 1 amide bonds. The van der Waals surface area contributed by atoms with Crippen LogP contribution in [-0.2, 0) is 14.3 Å². The Morgan fingerprint density at radius 3 is 2.58 bits per heavy atom. The van der Waals surface area contributed by atoms with Crippen LogP contribution in [0.15, 0.2) is 53.7 Å². The number of anilines is 1. The first-order chi connectivity index (χ1) is 12.5. The van der Waals surface area contributed by atoms with Crippen molar-refractivity contribution in [2.45, 2.75) is 19.3 Å². The van der Waals surface area contributed by atoms with Crippen molar-refractivity contribution in [1.29, 1.82) is 0 Å². The summed E-state index contributed by atoms with van der Waals surface area (Å²) < 4.78 is 18.5. The Kier molecular flexibility index (Phi) is 4.04. The van der Waals surface area contributed by atoms with Crippen LogP contribution in [0.25, 0.3) is 0 Å². The number of esters is 1. The summed E-state index contributed by atoms with van der Waals surface area (Å²) in [6.07, 6.45) is 0.102. The SMILES string of the molecule is Cc1ccc(N2C(=O)C[C@@H](c3ccc(F)cc3)C3=C2COC3=O)cc1Cl. The van der Waals surface area contributed by atoms with E-state index < -0.39 is 11.9 Å². The molecule has 0 saturated heterocycles. The molecule has 2 aliphatic heterocycles. The minimum atomic E-state index is -0.440. The van der Waals surface area contributed by atoms with Crippen LogP contribution in [0.5, 0.6) is 0 Å². The highest BCUT2D eigenvalue weighted by atomic mass is 35.5. The topological polar surface area (TPSA) is 46.6 Å². The number of carbonyl (C=O) groups is 2. The van der Waals surface area contributed by atoms with E-state index in [2.05, 4.69) is 0 Å². The maximum absolute atomic E-state index is 13.2. The summed E-state index contributed by atoms with van der Waals surface area (Å²) in [5.41, 5.74) is 3.20. The highest BCUT2D eigenvalue weighted by molar-refractivity contribution is 6.31. The molecule has 0 saturated carbocycles. The smallest absolute Gasteiger partial charge is 0.336 e. The second-order valence-corrected chi connectivity index (χ2v) is 6.81. The van der Waals surface area contributed by atoms with E-state index in [1.54, 1.807) is 24.3 Å². The van der Waals surface area contributed by atoms with E-state index in [0.717, 1.165) is 5.56 Å². The molecule has 2 aromatic rings. The van der Waals surface area contributed by atoms with Gasteiger partial charge in [0.25, 0.3) is 0 Å². The Hall–Kier alpha value is -2.66. The van der Waals surface area contributed by atoms with E-state index in [0.29, 0.717) is 27.5 Å². The summed E-state index contributed by atoms with van der Waals surface area (Å²) in [5, 5.41) is 0.545. The van der Waals surface area contributed by atoms with E-state index in [-0.39, 0.29) is 24.8 Å². The standard InChI is InChI=1S/C20H15ClFNO3/c1-11-2-7-14(8-16(11)21)23-17-10-26-20(25)19(17)15(9-18(23)24)12-3-5-13(22)6-4-12/h2-8,15H,9-10H2,1H3/t15-/m0/s1. The molecule has 2 heterocycles. The van der Waals surface area contributed by atoms with Gasteiger partial charge in [0.05, 0.1) is 17.0 Å². The Morgan fingerprint density at radius 2 is 1.88 bits per heavy atom. The zero-order valence-corrected chi connectivity index (χ0v) is 14.7. The zero-order valence-electron chi connectivity index (χ0n) is 14.0. The van der Waals surface area contributed by atoms with Gasteiger partial charge in [0, 0.05) is 17.4 Å². The van der Waals surface area contributed by atoms with E-state index >= 15 is 0 Å². The number of nitrogens with zero attached hydrogens (tertiary/aromatic N) is 1. The van der Waals surface area contributed by atoms with E-state index in [9.17, 15) is 14.0 Å². The van der Waals surface area contributed by atoms with E-state index in [4.69, 9.17) is 16.3 Å². The Balaban J connectivity index is 1.82. The van der Waals surface area contributed by atoms with Crippen molar-refractivity contribution < 1.29 is 18.7 Å². The molecule has 0 radical (unpaired) electrons. The minimum Gasteiger partial charge on any atom is -0.456 e. The first-order valence-electron chi connectivity index (χ1n) is 8.20. The van der Waals surface area contributed by atoms with Gasteiger partial charge in [-0.1, -0.05) is 29.8 Å². The van der Waals surface area contributed by atoms with E-state index in [1.165, 1.54) is 17.0 Å². The second-order valence-electron chi connectivity index (χ2n) is 6.41.